The Balaban J connectivity index is 1.94. The Morgan fingerprint density at radius 2 is 2.06 bits per heavy atom. The molecule has 0 aliphatic rings. The van der Waals surface area contributed by atoms with Gasteiger partial charge in [-0.05, 0) is 23.6 Å². The van der Waals surface area contributed by atoms with E-state index in [0.29, 0.717) is 0 Å². The summed E-state index contributed by atoms with van der Waals surface area (Å²) in [7, 11) is 0. The molecule has 0 amide bonds. The molecular weight excluding hydrogens is 242 g/mol. The molecule has 1 N–H and O–H groups in total. The molecule has 2 aromatic heterocycles. The highest BCUT2D eigenvalue weighted by atomic mass is 32.1. The van der Waals surface area contributed by atoms with Gasteiger partial charge in [0.25, 0.3) is 0 Å². The highest BCUT2D eigenvalue weighted by Crippen LogP contribution is 2.33. The Morgan fingerprint density at radius 3 is 3.00 bits per heavy atom. The number of aromatic amines is 1. The maximum absolute atomic E-state index is 4.00. The van der Waals surface area contributed by atoms with E-state index in [1.54, 1.807) is 11.3 Å². The van der Waals surface area contributed by atoms with Gasteiger partial charge in [-0.25, -0.2) is 0 Å². The van der Waals surface area contributed by atoms with E-state index in [9.17, 15) is 0 Å². The highest BCUT2D eigenvalue weighted by molar-refractivity contribution is 7.22. The fourth-order valence-electron chi connectivity index (χ4n) is 2.04. The van der Waals surface area contributed by atoms with E-state index in [1.165, 1.54) is 15.0 Å². The first-order chi connectivity index (χ1) is 8.90. The van der Waals surface area contributed by atoms with Crippen LogP contribution >= 0.6 is 11.3 Å². The molecule has 0 fully saturated rings. The van der Waals surface area contributed by atoms with Crippen molar-refractivity contribution >= 4 is 32.5 Å². The maximum Gasteiger partial charge on any atom is 0.121 e. The minimum Gasteiger partial charge on any atom is -0.258 e. The highest BCUT2D eigenvalue weighted by Gasteiger charge is 2.06. The first-order valence-electron chi connectivity index (χ1n) is 5.62. The summed E-state index contributed by atoms with van der Waals surface area (Å²) < 4.78 is 1.29. The van der Waals surface area contributed by atoms with Crippen LogP contribution in [0.25, 0.3) is 31.6 Å². The second-order valence-corrected chi connectivity index (χ2v) is 5.18. The summed E-state index contributed by atoms with van der Waals surface area (Å²) >= 11 is 1.77. The number of nitrogens with one attached hydrogen (secondary N) is 1. The Bertz CT molecular complexity index is 811. The summed E-state index contributed by atoms with van der Waals surface area (Å²) in [6, 6.07) is 17.9. The van der Waals surface area contributed by atoms with Crippen molar-refractivity contribution in [2.24, 2.45) is 0 Å². The standard InChI is InChI=1S/C14H8N3S/c1-2-4-13-9(3-1)8-14(18-13)10-5-6-11-12(7-10)16-17-15-11/h1-6,8H,(H,15,16,17). The lowest BCUT2D eigenvalue weighted by Gasteiger charge is -1.94. The molecule has 1 radical (unpaired) electrons. The van der Waals surface area contributed by atoms with Crippen molar-refractivity contribution in [2.75, 3.05) is 0 Å². The summed E-state index contributed by atoms with van der Waals surface area (Å²) in [6.07, 6.45) is 0. The van der Waals surface area contributed by atoms with E-state index in [2.05, 4.69) is 51.8 Å². The third-order valence-electron chi connectivity index (χ3n) is 2.94. The minimum atomic E-state index is 0.782. The van der Waals surface area contributed by atoms with Crippen LogP contribution < -0.4 is 0 Å². The average molecular weight is 250 g/mol. The monoisotopic (exact) mass is 250 g/mol. The second-order valence-electron chi connectivity index (χ2n) is 4.09. The first-order valence-corrected chi connectivity index (χ1v) is 6.44. The lowest BCUT2D eigenvalue weighted by atomic mass is 10.1. The van der Waals surface area contributed by atoms with Gasteiger partial charge in [0.2, 0.25) is 0 Å². The summed E-state index contributed by atoms with van der Waals surface area (Å²) in [5.74, 6) is 0. The van der Waals surface area contributed by atoms with E-state index in [0.717, 1.165) is 16.6 Å². The van der Waals surface area contributed by atoms with E-state index in [1.807, 2.05) is 12.1 Å². The average Bonchev–Trinajstić information content (AvgIpc) is 3.04. The van der Waals surface area contributed by atoms with Crippen LogP contribution in [0.3, 0.4) is 0 Å². The van der Waals surface area contributed by atoms with Crippen LogP contribution in [0.2, 0.25) is 0 Å². The van der Waals surface area contributed by atoms with Gasteiger partial charge in [-0.3, -0.25) is 5.10 Å². The van der Waals surface area contributed by atoms with Crippen molar-refractivity contribution in [3.05, 3.63) is 48.5 Å². The number of hydrogen-bond acceptors (Lipinski definition) is 3. The predicted octanol–water partition coefficient (Wildman–Crippen LogP) is 3.64. The number of nitrogens with zero attached hydrogens (tertiary/aromatic N) is 2. The summed E-state index contributed by atoms with van der Waals surface area (Å²) in [5.41, 5.74) is 2.77. The molecule has 0 saturated heterocycles. The smallest absolute Gasteiger partial charge is 0.121 e. The lowest BCUT2D eigenvalue weighted by molar-refractivity contribution is 0.959. The summed E-state index contributed by atoms with van der Waals surface area (Å²) in [4.78, 5) is 1.21. The molecule has 0 unspecified atom stereocenters. The number of aromatic nitrogens is 3. The SMILES string of the molecule is [c]1c(-c2cc3ccccc3s2)ccc2[nH]nnc12. The van der Waals surface area contributed by atoms with Gasteiger partial charge in [-0.15, -0.1) is 16.4 Å². The molecule has 3 nitrogen and oxygen atoms in total. The molecule has 85 valence electrons. The number of rotatable bonds is 1. The van der Waals surface area contributed by atoms with Gasteiger partial charge < -0.3 is 0 Å². The second kappa shape index (κ2) is 3.65. The minimum absolute atomic E-state index is 0.782. The normalized spacial score (nSPS) is 11.3. The van der Waals surface area contributed by atoms with Crippen molar-refractivity contribution in [3.8, 4) is 10.4 Å². The van der Waals surface area contributed by atoms with Crippen molar-refractivity contribution < 1.29 is 0 Å². The van der Waals surface area contributed by atoms with Crippen molar-refractivity contribution in [2.45, 2.75) is 0 Å². The van der Waals surface area contributed by atoms with Crippen LogP contribution in [-0.2, 0) is 0 Å². The fraction of sp³-hybridized carbons (Fsp3) is 0. The molecule has 0 aliphatic carbocycles. The number of benzene rings is 2. The summed E-state index contributed by atoms with van der Waals surface area (Å²) in [6.45, 7) is 0. The molecule has 0 spiro atoms. The zero-order chi connectivity index (χ0) is 11.9. The maximum atomic E-state index is 4.00. The van der Waals surface area contributed by atoms with Crippen LogP contribution in [0, 0.1) is 6.07 Å². The van der Waals surface area contributed by atoms with Gasteiger partial charge in [-0.2, -0.15) is 0 Å². The van der Waals surface area contributed by atoms with E-state index < -0.39 is 0 Å². The third kappa shape index (κ3) is 1.43. The largest absolute Gasteiger partial charge is 0.258 e. The Morgan fingerprint density at radius 1 is 1.11 bits per heavy atom. The lowest BCUT2D eigenvalue weighted by Crippen LogP contribution is -1.74. The molecule has 4 heteroatoms. The van der Waals surface area contributed by atoms with Crippen molar-refractivity contribution in [1.82, 2.24) is 15.4 Å². The molecule has 18 heavy (non-hydrogen) atoms. The van der Waals surface area contributed by atoms with Gasteiger partial charge in [0.15, 0.2) is 0 Å². The number of hydrogen-bond donors (Lipinski definition) is 1. The Labute approximate surface area is 107 Å². The van der Waals surface area contributed by atoms with Crippen LogP contribution in [0.15, 0.2) is 42.5 Å². The predicted molar refractivity (Wildman–Crippen MR) is 73.5 cm³/mol. The zero-order valence-corrected chi connectivity index (χ0v) is 10.2. The van der Waals surface area contributed by atoms with Crippen molar-refractivity contribution in [1.29, 1.82) is 0 Å². The third-order valence-corrected chi connectivity index (χ3v) is 4.09. The fourth-order valence-corrected chi connectivity index (χ4v) is 3.08. The molecule has 0 atom stereocenters. The Kier molecular flexibility index (Phi) is 1.98. The summed E-state index contributed by atoms with van der Waals surface area (Å²) in [5, 5.41) is 11.9. The molecular formula is C14H8N3S. The van der Waals surface area contributed by atoms with E-state index in [-0.39, 0.29) is 0 Å². The van der Waals surface area contributed by atoms with E-state index >= 15 is 0 Å². The molecule has 4 aromatic rings. The Hall–Kier alpha value is -2.20. The van der Waals surface area contributed by atoms with Gasteiger partial charge in [0.05, 0.1) is 5.52 Å². The molecule has 0 aliphatic heterocycles. The van der Waals surface area contributed by atoms with Crippen LogP contribution in [0.1, 0.15) is 0 Å². The van der Waals surface area contributed by atoms with Gasteiger partial charge in [0.1, 0.15) is 5.52 Å². The van der Waals surface area contributed by atoms with Gasteiger partial charge >= 0.3 is 0 Å². The molecule has 2 heterocycles. The molecule has 0 saturated carbocycles. The number of H-pyrrole nitrogens is 1. The van der Waals surface area contributed by atoms with Crippen molar-refractivity contribution in [3.63, 3.8) is 0 Å². The van der Waals surface area contributed by atoms with Gasteiger partial charge in [0, 0.05) is 21.2 Å². The van der Waals surface area contributed by atoms with Gasteiger partial charge in [-0.1, -0.05) is 29.5 Å². The van der Waals surface area contributed by atoms with Crippen LogP contribution in [0.5, 0.6) is 0 Å². The number of fused-ring (bicyclic) bond motifs is 2. The zero-order valence-electron chi connectivity index (χ0n) is 9.34. The molecule has 0 bridgehead atoms. The molecule has 4 rings (SSSR count). The molecule has 2 aromatic carbocycles. The number of thiophene rings is 1. The quantitative estimate of drug-likeness (QED) is 0.560. The first kappa shape index (κ1) is 9.79. The topological polar surface area (TPSA) is 41.6 Å². The van der Waals surface area contributed by atoms with Crippen LogP contribution in [0.4, 0.5) is 0 Å². The van der Waals surface area contributed by atoms with E-state index in [4.69, 9.17) is 0 Å². The van der Waals surface area contributed by atoms with Crippen LogP contribution in [-0.4, -0.2) is 15.4 Å².